The second-order valence-corrected chi connectivity index (χ2v) is 4.85. The Morgan fingerprint density at radius 2 is 2.14 bits per heavy atom. The number of nitrogens with one attached hydrogen (secondary N) is 1. The van der Waals surface area contributed by atoms with Gasteiger partial charge in [-0.2, -0.15) is 0 Å². The van der Waals surface area contributed by atoms with Gasteiger partial charge in [-0.15, -0.1) is 0 Å². The summed E-state index contributed by atoms with van der Waals surface area (Å²) >= 11 is 5.76. The molecular formula is C15H13ClFNO4. The summed E-state index contributed by atoms with van der Waals surface area (Å²) in [7, 11) is 0. The summed E-state index contributed by atoms with van der Waals surface area (Å²) in [6.07, 6.45) is 0.378. The minimum atomic E-state index is -1.10. The number of furan rings is 1. The van der Waals surface area contributed by atoms with E-state index in [0.29, 0.717) is 5.76 Å². The minimum absolute atomic E-state index is 0.0757. The lowest BCUT2D eigenvalue weighted by atomic mass is 10.2. The van der Waals surface area contributed by atoms with E-state index in [1.165, 1.54) is 25.3 Å². The van der Waals surface area contributed by atoms with E-state index in [0.717, 1.165) is 6.07 Å². The summed E-state index contributed by atoms with van der Waals surface area (Å²) in [4.78, 5) is 23.7. The summed E-state index contributed by atoms with van der Waals surface area (Å²) in [5.74, 6) is -1.77. The molecule has 7 heteroatoms. The van der Waals surface area contributed by atoms with Crippen molar-refractivity contribution in [3.63, 3.8) is 0 Å². The van der Waals surface area contributed by atoms with Gasteiger partial charge in [0.05, 0.1) is 17.8 Å². The monoisotopic (exact) mass is 325 g/mol. The van der Waals surface area contributed by atoms with Gasteiger partial charge < -0.3 is 14.5 Å². The van der Waals surface area contributed by atoms with Crippen LogP contribution in [0.3, 0.4) is 0 Å². The number of carbonyl (C=O) groups excluding carboxylic acids is 2. The second-order valence-electron chi connectivity index (χ2n) is 4.44. The first-order valence-electron chi connectivity index (χ1n) is 6.44. The average Bonchev–Trinajstić information content (AvgIpc) is 2.97. The van der Waals surface area contributed by atoms with Crippen molar-refractivity contribution in [2.45, 2.75) is 19.6 Å². The molecule has 0 unspecified atom stereocenters. The Morgan fingerprint density at radius 3 is 2.77 bits per heavy atom. The highest BCUT2D eigenvalue weighted by Gasteiger charge is 2.23. The number of amides is 1. The Kier molecular flexibility index (Phi) is 5.16. The van der Waals surface area contributed by atoms with Crippen molar-refractivity contribution in [1.29, 1.82) is 0 Å². The standard InChI is InChI=1S/C15H13ClFNO4/c1-9(14(19)18-8-10-4-3-7-21-10)22-15(20)13-11(16)5-2-6-12(13)17/h2-7,9H,8H2,1H3,(H,18,19)/t9-/m1/s1. The summed E-state index contributed by atoms with van der Waals surface area (Å²) < 4.78 is 23.6. The first-order chi connectivity index (χ1) is 10.5. The van der Waals surface area contributed by atoms with Gasteiger partial charge >= 0.3 is 5.97 Å². The molecule has 1 aromatic heterocycles. The van der Waals surface area contributed by atoms with Crippen molar-refractivity contribution >= 4 is 23.5 Å². The second kappa shape index (κ2) is 7.09. The Bertz CT molecular complexity index is 652. The van der Waals surface area contributed by atoms with Crippen LogP contribution in [0, 0.1) is 5.82 Å². The molecule has 0 aliphatic heterocycles. The Balaban J connectivity index is 1.94. The van der Waals surface area contributed by atoms with E-state index in [1.54, 1.807) is 12.1 Å². The molecule has 0 radical (unpaired) electrons. The molecule has 1 aromatic carbocycles. The zero-order chi connectivity index (χ0) is 16.1. The minimum Gasteiger partial charge on any atom is -0.467 e. The number of rotatable bonds is 5. The van der Waals surface area contributed by atoms with Crippen LogP contribution in [0.15, 0.2) is 41.0 Å². The van der Waals surface area contributed by atoms with Crippen LogP contribution < -0.4 is 5.32 Å². The molecule has 0 saturated heterocycles. The molecule has 22 heavy (non-hydrogen) atoms. The Morgan fingerprint density at radius 1 is 1.36 bits per heavy atom. The molecule has 0 spiro atoms. The molecular weight excluding hydrogens is 313 g/mol. The fourth-order valence-corrected chi connectivity index (χ4v) is 1.94. The van der Waals surface area contributed by atoms with Crippen molar-refractivity contribution in [3.05, 3.63) is 58.8 Å². The van der Waals surface area contributed by atoms with Gasteiger partial charge in [0.25, 0.3) is 5.91 Å². The lowest BCUT2D eigenvalue weighted by Crippen LogP contribution is -2.35. The summed E-state index contributed by atoms with van der Waals surface area (Å²) in [6.45, 7) is 1.54. The van der Waals surface area contributed by atoms with Crippen LogP contribution in [0.4, 0.5) is 4.39 Å². The molecule has 116 valence electrons. The Labute approximate surface area is 131 Å². The van der Waals surface area contributed by atoms with E-state index in [9.17, 15) is 14.0 Å². The first kappa shape index (κ1) is 16.0. The summed E-state index contributed by atoms with van der Waals surface area (Å²) in [5.41, 5.74) is -0.394. The molecule has 0 aliphatic carbocycles. The smallest absolute Gasteiger partial charge is 0.343 e. The van der Waals surface area contributed by atoms with Crippen LogP contribution in [0.2, 0.25) is 5.02 Å². The number of benzene rings is 1. The van der Waals surface area contributed by atoms with Crippen LogP contribution in [-0.2, 0) is 16.1 Å². The highest BCUT2D eigenvalue weighted by molar-refractivity contribution is 6.33. The maximum absolute atomic E-state index is 13.6. The molecule has 1 amide bonds. The third-order valence-corrected chi connectivity index (χ3v) is 3.15. The molecule has 0 fully saturated rings. The maximum atomic E-state index is 13.6. The molecule has 1 atom stereocenters. The normalized spacial score (nSPS) is 11.8. The van der Waals surface area contributed by atoms with E-state index >= 15 is 0 Å². The van der Waals surface area contributed by atoms with Gasteiger partial charge in [-0.3, -0.25) is 4.79 Å². The van der Waals surface area contributed by atoms with Gasteiger partial charge in [-0.05, 0) is 31.2 Å². The zero-order valence-electron chi connectivity index (χ0n) is 11.6. The van der Waals surface area contributed by atoms with Gasteiger partial charge in [0.15, 0.2) is 6.10 Å². The van der Waals surface area contributed by atoms with Crippen LogP contribution >= 0.6 is 11.6 Å². The zero-order valence-corrected chi connectivity index (χ0v) is 12.4. The number of ether oxygens (including phenoxy) is 1. The molecule has 1 heterocycles. The van der Waals surface area contributed by atoms with Crippen molar-refractivity contribution < 1.29 is 23.1 Å². The molecule has 1 N–H and O–H groups in total. The number of hydrogen-bond donors (Lipinski definition) is 1. The molecule has 0 saturated carbocycles. The third-order valence-electron chi connectivity index (χ3n) is 2.84. The number of hydrogen-bond acceptors (Lipinski definition) is 4. The lowest BCUT2D eigenvalue weighted by molar-refractivity contribution is -0.129. The number of esters is 1. The van der Waals surface area contributed by atoms with E-state index in [4.69, 9.17) is 20.8 Å². The van der Waals surface area contributed by atoms with E-state index < -0.39 is 29.4 Å². The largest absolute Gasteiger partial charge is 0.467 e. The van der Waals surface area contributed by atoms with Crippen molar-refractivity contribution in [1.82, 2.24) is 5.32 Å². The summed E-state index contributed by atoms with van der Waals surface area (Å²) in [6, 6.07) is 7.20. The first-order valence-corrected chi connectivity index (χ1v) is 6.82. The number of halogens is 2. The highest BCUT2D eigenvalue weighted by Crippen LogP contribution is 2.20. The predicted molar refractivity (Wildman–Crippen MR) is 76.8 cm³/mol. The van der Waals surface area contributed by atoms with Crippen LogP contribution in [0.1, 0.15) is 23.0 Å². The molecule has 0 bridgehead atoms. The Hall–Kier alpha value is -2.34. The molecule has 5 nitrogen and oxygen atoms in total. The fraction of sp³-hybridized carbons (Fsp3) is 0.200. The van der Waals surface area contributed by atoms with E-state index in [-0.39, 0.29) is 11.6 Å². The van der Waals surface area contributed by atoms with Gasteiger partial charge in [-0.1, -0.05) is 17.7 Å². The third kappa shape index (κ3) is 3.85. The molecule has 2 aromatic rings. The predicted octanol–water partition coefficient (Wildman–Crippen LogP) is 2.93. The van der Waals surface area contributed by atoms with Crippen molar-refractivity contribution in [2.24, 2.45) is 0 Å². The SMILES string of the molecule is C[C@@H](OC(=O)c1c(F)cccc1Cl)C(=O)NCc1ccco1. The lowest BCUT2D eigenvalue weighted by Gasteiger charge is -2.13. The fourth-order valence-electron chi connectivity index (χ4n) is 1.70. The van der Waals surface area contributed by atoms with Crippen molar-refractivity contribution in [3.8, 4) is 0 Å². The van der Waals surface area contributed by atoms with Crippen LogP contribution in [0.5, 0.6) is 0 Å². The highest BCUT2D eigenvalue weighted by atomic mass is 35.5. The molecule has 0 aliphatic rings. The quantitative estimate of drug-likeness (QED) is 0.858. The van der Waals surface area contributed by atoms with Gasteiger partial charge in [0, 0.05) is 0 Å². The van der Waals surface area contributed by atoms with Crippen LogP contribution in [-0.4, -0.2) is 18.0 Å². The van der Waals surface area contributed by atoms with Crippen molar-refractivity contribution in [2.75, 3.05) is 0 Å². The number of carbonyl (C=O) groups is 2. The van der Waals surface area contributed by atoms with Gasteiger partial charge in [0.1, 0.15) is 17.1 Å². The van der Waals surface area contributed by atoms with E-state index in [2.05, 4.69) is 5.32 Å². The van der Waals surface area contributed by atoms with Crippen LogP contribution in [0.25, 0.3) is 0 Å². The molecule has 2 rings (SSSR count). The summed E-state index contributed by atoms with van der Waals surface area (Å²) in [5, 5.41) is 2.46. The maximum Gasteiger partial charge on any atom is 0.343 e. The average molecular weight is 326 g/mol. The van der Waals surface area contributed by atoms with E-state index in [1.807, 2.05) is 0 Å². The topological polar surface area (TPSA) is 68.5 Å². The van der Waals surface area contributed by atoms with Gasteiger partial charge in [-0.25, -0.2) is 9.18 Å². The van der Waals surface area contributed by atoms with Gasteiger partial charge in [0.2, 0.25) is 0 Å².